The lowest BCUT2D eigenvalue weighted by Gasteiger charge is -2.23. The molecule has 10 nitrogen and oxygen atoms in total. The zero-order valence-electron chi connectivity index (χ0n) is 19.3. The van der Waals surface area contributed by atoms with Crippen molar-refractivity contribution in [1.82, 2.24) is 5.32 Å². The number of non-ortho nitro benzene ring substituents is 1. The summed E-state index contributed by atoms with van der Waals surface area (Å²) in [5.74, 6) is -1.32. The maximum Gasteiger partial charge on any atom is 0.408 e. The number of ether oxygens (including phenoxy) is 3. The van der Waals surface area contributed by atoms with Crippen LogP contribution in [0.15, 0.2) is 54.6 Å². The second kappa shape index (κ2) is 12.3. The first-order valence-corrected chi connectivity index (χ1v) is 10.6. The molecule has 0 heterocycles. The van der Waals surface area contributed by atoms with Crippen LogP contribution in [0.2, 0.25) is 0 Å². The van der Waals surface area contributed by atoms with E-state index in [1.165, 1.54) is 24.3 Å². The van der Waals surface area contributed by atoms with Gasteiger partial charge in [0, 0.05) is 18.6 Å². The van der Waals surface area contributed by atoms with E-state index in [1.54, 1.807) is 20.8 Å². The number of alkyl carbamates (subject to hydrolysis) is 1. The van der Waals surface area contributed by atoms with Crippen molar-refractivity contribution in [3.05, 3.63) is 75.8 Å². The van der Waals surface area contributed by atoms with Crippen LogP contribution in [0.25, 0.3) is 0 Å². The van der Waals surface area contributed by atoms with Crippen LogP contribution in [-0.4, -0.2) is 34.6 Å². The first-order chi connectivity index (χ1) is 16.0. The average Bonchev–Trinajstić information content (AvgIpc) is 2.78. The fraction of sp³-hybridized carbons (Fsp3) is 0.375. The van der Waals surface area contributed by atoms with E-state index in [-0.39, 0.29) is 31.7 Å². The van der Waals surface area contributed by atoms with Crippen molar-refractivity contribution in [2.24, 2.45) is 0 Å². The Kier molecular flexibility index (Phi) is 9.54. The lowest BCUT2D eigenvalue weighted by atomic mass is 10.1. The molecule has 0 unspecified atom stereocenters. The number of nitro benzene ring substituents is 1. The smallest absolute Gasteiger partial charge is 0.408 e. The number of carbonyl (C=O) groups is 3. The van der Waals surface area contributed by atoms with Gasteiger partial charge in [-0.05, 0) is 50.5 Å². The summed E-state index contributed by atoms with van der Waals surface area (Å²) in [4.78, 5) is 47.2. The number of esters is 2. The van der Waals surface area contributed by atoms with Gasteiger partial charge in [0.05, 0.1) is 4.92 Å². The van der Waals surface area contributed by atoms with Gasteiger partial charge in [0.25, 0.3) is 5.69 Å². The Morgan fingerprint density at radius 3 is 2.12 bits per heavy atom. The van der Waals surface area contributed by atoms with Crippen LogP contribution >= 0.6 is 0 Å². The third-order valence-corrected chi connectivity index (χ3v) is 4.38. The standard InChI is InChI=1S/C24H28N2O8/c1-24(2,3)34-23(29)25-20(13-14-21(27)32-15-17-7-5-4-6-8-17)22(28)33-16-18-9-11-19(12-10-18)26(30)31/h4-12,20H,13-16H2,1-3H3,(H,25,29)/t20-/m0/s1. The van der Waals surface area contributed by atoms with E-state index in [0.29, 0.717) is 5.56 Å². The molecule has 0 saturated heterocycles. The molecule has 2 aromatic rings. The maximum atomic E-state index is 12.6. The fourth-order valence-electron chi connectivity index (χ4n) is 2.74. The normalized spacial score (nSPS) is 11.7. The van der Waals surface area contributed by atoms with E-state index in [4.69, 9.17) is 14.2 Å². The summed E-state index contributed by atoms with van der Waals surface area (Å²) in [6.07, 6.45) is -1.03. The lowest BCUT2D eigenvalue weighted by Crippen LogP contribution is -2.44. The molecule has 0 saturated carbocycles. The fourth-order valence-corrected chi connectivity index (χ4v) is 2.74. The number of hydrogen-bond donors (Lipinski definition) is 1. The van der Waals surface area contributed by atoms with Crippen LogP contribution in [0, 0.1) is 10.1 Å². The SMILES string of the molecule is CC(C)(C)OC(=O)N[C@@H](CCC(=O)OCc1ccccc1)C(=O)OCc1ccc([N+](=O)[O-])cc1. The van der Waals surface area contributed by atoms with Crippen LogP contribution in [0.1, 0.15) is 44.7 Å². The third kappa shape index (κ3) is 9.68. The Morgan fingerprint density at radius 2 is 1.53 bits per heavy atom. The van der Waals surface area contributed by atoms with Gasteiger partial charge in [-0.2, -0.15) is 0 Å². The van der Waals surface area contributed by atoms with E-state index in [0.717, 1.165) is 5.56 Å². The van der Waals surface area contributed by atoms with Gasteiger partial charge >= 0.3 is 18.0 Å². The Labute approximate surface area is 197 Å². The summed E-state index contributed by atoms with van der Waals surface area (Å²) in [6.45, 7) is 4.95. The first kappa shape index (κ1) is 26.3. The highest BCUT2D eigenvalue weighted by atomic mass is 16.6. The minimum absolute atomic E-state index is 0.0635. The van der Waals surface area contributed by atoms with Crippen molar-refractivity contribution in [3.63, 3.8) is 0 Å². The molecule has 0 aliphatic rings. The molecule has 2 aromatic carbocycles. The molecule has 0 radical (unpaired) electrons. The molecule has 0 bridgehead atoms. The average molecular weight is 472 g/mol. The highest BCUT2D eigenvalue weighted by Crippen LogP contribution is 2.14. The Hall–Kier alpha value is -3.95. The van der Waals surface area contributed by atoms with Gasteiger partial charge in [-0.25, -0.2) is 9.59 Å². The highest BCUT2D eigenvalue weighted by molar-refractivity contribution is 5.82. The highest BCUT2D eigenvalue weighted by Gasteiger charge is 2.26. The third-order valence-electron chi connectivity index (χ3n) is 4.38. The van der Waals surface area contributed by atoms with Crippen LogP contribution < -0.4 is 5.32 Å². The Balaban J connectivity index is 1.95. The predicted molar refractivity (Wildman–Crippen MR) is 122 cm³/mol. The number of nitro groups is 1. The predicted octanol–water partition coefficient (Wildman–Crippen LogP) is 4.05. The Bertz CT molecular complexity index is 984. The molecule has 0 fully saturated rings. The summed E-state index contributed by atoms with van der Waals surface area (Å²) >= 11 is 0. The maximum absolute atomic E-state index is 12.6. The molecular formula is C24H28N2O8. The van der Waals surface area contributed by atoms with Gasteiger partial charge < -0.3 is 19.5 Å². The van der Waals surface area contributed by atoms with Crippen molar-refractivity contribution in [2.75, 3.05) is 0 Å². The summed E-state index contributed by atoms with van der Waals surface area (Å²) in [6, 6.07) is 13.5. The zero-order chi connectivity index (χ0) is 25.1. The summed E-state index contributed by atoms with van der Waals surface area (Å²) in [7, 11) is 0. The Morgan fingerprint density at radius 1 is 0.941 bits per heavy atom. The van der Waals surface area contributed by atoms with Crippen molar-refractivity contribution in [3.8, 4) is 0 Å². The van der Waals surface area contributed by atoms with Gasteiger partial charge in [0.2, 0.25) is 0 Å². The molecule has 0 spiro atoms. The number of carbonyl (C=O) groups excluding carboxylic acids is 3. The number of benzene rings is 2. The van der Waals surface area contributed by atoms with Crippen LogP contribution in [-0.2, 0) is 37.0 Å². The van der Waals surface area contributed by atoms with Gasteiger partial charge in [-0.3, -0.25) is 14.9 Å². The number of nitrogens with one attached hydrogen (secondary N) is 1. The zero-order valence-corrected chi connectivity index (χ0v) is 19.3. The molecule has 10 heteroatoms. The van der Waals surface area contributed by atoms with Crippen molar-refractivity contribution in [2.45, 2.75) is 58.5 Å². The number of rotatable bonds is 10. The summed E-state index contributed by atoms with van der Waals surface area (Å²) < 4.78 is 15.7. The number of amides is 1. The quantitative estimate of drug-likeness (QED) is 0.237. The van der Waals surface area contributed by atoms with Gasteiger partial charge in [0.1, 0.15) is 24.9 Å². The molecule has 182 valence electrons. The van der Waals surface area contributed by atoms with Crippen molar-refractivity contribution < 1.29 is 33.5 Å². The van der Waals surface area contributed by atoms with Crippen LogP contribution in [0.5, 0.6) is 0 Å². The lowest BCUT2D eigenvalue weighted by molar-refractivity contribution is -0.384. The van der Waals surface area contributed by atoms with Crippen molar-refractivity contribution >= 4 is 23.7 Å². The van der Waals surface area contributed by atoms with E-state index in [9.17, 15) is 24.5 Å². The molecule has 1 atom stereocenters. The first-order valence-electron chi connectivity index (χ1n) is 10.6. The van der Waals surface area contributed by atoms with E-state index < -0.39 is 34.6 Å². The number of nitrogens with zero attached hydrogens (tertiary/aromatic N) is 1. The van der Waals surface area contributed by atoms with Gasteiger partial charge in [-0.1, -0.05) is 30.3 Å². The van der Waals surface area contributed by atoms with E-state index in [1.807, 2.05) is 30.3 Å². The second-order valence-electron chi connectivity index (χ2n) is 8.42. The van der Waals surface area contributed by atoms with Crippen LogP contribution in [0.4, 0.5) is 10.5 Å². The van der Waals surface area contributed by atoms with E-state index >= 15 is 0 Å². The molecule has 2 rings (SSSR count). The molecular weight excluding hydrogens is 444 g/mol. The minimum Gasteiger partial charge on any atom is -0.461 e. The van der Waals surface area contributed by atoms with Gasteiger partial charge in [-0.15, -0.1) is 0 Å². The van der Waals surface area contributed by atoms with Crippen LogP contribution in [0.3, 0.4) is 0 Å². The largest absolute Gasteiger partial charge is 0.461 e. The molecule has 0 aromatic heterocycles. The molecule has 34 heavy (non-hydrogen) atoms. The topological polar surface area (TPSA) is 134 Å². The minimum atomic E-state index is -1.16. The number of hydrogen-bond acceptors (Lipinski definition) is 8. The van der Waals surface area contributed by atoms with Crippen molar-refractivity contribution in [1.29, 1.82) is 0 Å². The molecule has 0 aliphatic carbocycles. The van der Waals surface area contributed by atoms with Gasteiger partial charge in [0.15, 0.2) is 0 Å². The molecule has 0 aliphatic heterocycles. The van der Waals surface area contributed by atoms with E-state index in [2.05, 4.69) is 5.32 Å². The summed E-state index contributed by atoms with van der Waals surface area (Å²) in [5.41, 5.74) is 0.471. The molecule has 1 amide bonds. The second-order valence-corrected chi connectivity index (χ2v) is 8.42. The monoisotopic (exact) mass is 472 g/mol. The summed E-state index contributed by atoms with van der Waals surface area (Å²) in [5, 5.41) is 13.2. The molecule has 1 N–H and O–H groups in total.